The number of hydrogen-bond acceptors (Lipinski definition) is 10. The highest BCUT2D eigenvalue weighted by atomic mass is 32.1. The number of rotatable bonds is 10. The molecule has 3 aromatic rings. The van der Waals surface area contributed by atoms with Crippen LogP contribution in [0.2, 0.25) is 0 Å². The molecule has 0 saturated carbocycles. The minimum absolute atomic E-state index is 0.0330. The van der Waals surface area contributed by atoms with Gasteiger partial charge in [-0.15, -0.1) is 11.3 Å². The van der Waals surface area contributed by atoms with Crippen LogP contribution >= 0.6 is 11.3 Å². The number of esters is 1. The Morgan fingerprint density at radius 1 is 1.15 bits per heavy atom. The third-order valence-corrected chi connectivity index (χ3v) is 6.24. The fourth-order valence-electron chi connectivity index (χ4n) is 3.49. The Morgan fingerprint density at radius 3 is 2.64 bits per heavy atom. The molecule has 0 bridgehead atoms. The molecular formula is C22H27N3O7S. The van der Waals surface area contributed by atoms with Gasteiger partial charge in [-0.2, -0.15) is 0 Å². The van der Waals surface area contributed by atoms with Crippen molar-refractivity contribution >= 4 is 37.7 Å². The number of aromatic nitrogens is 3. The molecule has 0 unspecified atom stereocenters. The Balaban J connectivity index is 1.43. The molecule has 1 N–H and O–H groups in total. The van der Waals surface area contributed by atoms with Crippen LogP contribution in [-0.2, 0) is 36.7 Å². The highest BCUT2D eigenvalue weighted by molar-refractivity contribution is 7.25. The second-order valence-corrected chi connectivity index (χ2v) is 9.22. The summed E-state index contributed by atoms with van der Waals surface area (Å²) in [6, 6.07) is 1.95. The first-order valence-electron chi connectivity index (χ1n) is 10.7. The SMILES string of the molecule is COCCOCCOCCOC(=O)c1nc2c(sc3nc4c(cc32)COC(C)(C)C4)c(=O)[nH]1. The van der Waals surface area contributed by atoms with E-state index in [1.165, 1.54) is 11.3 Å². The van der Waals surface area contributed by atoms with E-state index in [9.17, 15) is 9.59 Å². The lowest BCUT2D eigenvalue weighted by Gasteiger charge is -2.30. The summed E-state index contributed by atoms with van der Waals surface area (Å²) in [4.78, 5) is 37.4. The number of aromatic amines is 1. The molecule has 0 radical (unpaired) electrons. The monoisotopic (exact) mass is 477 g/mol. The lowest BCUT2D eigenvalue weighted by molar-refractivity contribution is -0.0411. The maximum absolute atomic E-state index is 12.6. The van der Waals surface area contributed by atoms with Gasteiger partial charge in [-0.25, -0.2) is 14.8 Å². The molecule has 0 atom stereocenters. The van der Waals surface area contributed by atoms with Crippen LogP contribution in [-0.4, -0.2) is 73.3 Å². The third-order valence-electron chi connectivity index (χ3n) is 5.16. The zero-order chi connectivity index (χ0) is 23.4. The van der Waals surface area contributed by atoms with Crippen LogP contribution in [0.1, 0.15) is 35.7 Å². The Labute approximate surface area is 194 Å². The topological polar surface area (TPSA) is 122 Å². The molecule has 4 heterocycles. The van der Waals surface area contributed by atoms with Crippen LogP contribution < -0.4 is 5.56 Å². The molecular weight excluding hydrogens is 450 g/mol. The largest absolute Gasteiger partial charge is 0.457 e. The van der Waals surface area contributed by atoms with Crippen LogP contribution in [0, 0.1) is 0 Å². The molecule has 0 aromatic carbocycles. The minimum atomic E-state index is -0.718. The highest BCUT2D eigenvalue weighted by Gasteiger charge is 2.28. The predicted octanol–water partition coefficient (Wildman–Crippen LogP) is 2.22. The Kier molecular flexibility index (Phi) is 7.35. The molecule has 3 aromatic heterocycles. The Bertz CT molecular complexity index is 1200. The van der Waals surface area contributed by atoms with Gasteiger partial charge in [-0.05, 0) is 19.9 Å². The second-order valence-electron chi connectivity index (χ2n) is 8.22. The van der Waals surface area contributed by atoms with Gasteiger partial charge in [-0.3, -0.25) is 9.78 Å². The van der Waals surface area contributed by atoms with Crippen molar-refractivity contribution in [2.24, 2.45) is 0 Å². The van der Waals surface area contributed by atoms with Gasteiger partial charge in [0.2, 0.25) is 5.82 Å². The molecule has 11 heteroatoms. The van der Waals surface area contributed by atoms with Crippen LogP contribution in [0.25, 0.3) is 20.4 Å². The fraction of sp³-hybridized carbons (Fsp3) is 0.545. The summed E-state index contributed by atoms with van der Waals surface area (Å²) in [5.41, 5.74) is 1.70. The van der Waals surface area contributed by atoms with Gasteiger partial charge >= 0.3 is 5.97 Å². The first-order chi connectivity index (χ1) is 15.9. The fourth-order valence-corrected chi connectivity index (χ4v) is 4.50. The number of ether oxygens (including phenoxy) is 5. The van der Waals surface area contributed by atoms with Crippen molar-refractivity contribution in [3.63, 3.8) is 0 Å². The Morgan fingerprint density at radius 2 is 1.88 bits per heavy atom. The zero-order valence-corrected chi connectivity index (χ0v) is 19.7. The number of methoxy groups -OCH3 is 1. The van der Waals surface area contributed by atoms with E-state index in [4.69, 9.17) is 28.7 Å². The smallest absolute Gasteiger partial charge is 0.374 e. The standard InChI is InChI=1S/C22H27N3O7S/c1-22(2)11-15-13(12-32-22)10-14-16-17(33-20(14)23-15)19(26)25-18(24-16)21(27)31-9-8-30-7-6-29-5-4-28-3/h10H,4-9,11-12H2,1-3H3,(H,24,25,26). The lowest BCUT2D eigenvalue weighted by Crippen LogP contribution is -2.32. The normalized spacial score (nSPS) is 15.1. The van der Waals surface area contributed by atoms with Crippen molar-refractivity contribution in [2.75, 3.05) is 46.8 Å². The van der Waals surface area contributed by atoms with Gasteiger partial charge < -0.3 is 23.7 Å². The van der Waals surface area contributed by atoms with Crippen LogP contribution in [0.15, 0.2) is 10.9 Å². The molecule has 33 heavy (non-hydrogen) atoms. The summed E-state index contributed by atoms with van der Waals surface area (Å²) in [5, 5.41) is 0.731. The van der Waals surface area contributed by atoms with Crippen molar-refractivity contribution < 1.29 is 28.5 Å². The van der Waals surface area contributed by atoms with E-state index in [1.54, 1.807) is 7.11 Å². The maximum atomic E-state index is 12.6. The van der Waals surface area contributed by atoms with Gasteiger partial charge in [0.15, 0.2) is 0 Å². The quantitative estimate of drug-likeness (QED) is 0.346. The van der Waals surface area contributed by atoms with E-state index < -0.39 is 11.5 Å². The van der Waals surface area contributed by atoms with E-state index in [-0.39, 0.29) is 24.6 Å². The lowest BCUT2D eigenvalue weighted by atomic mass is 9.95. The van der Waals surface area contributed by atoms with Crippen LogP contribution in [0.3, 0.4) is 0 Å². The summed E-state index contributed by atoms with van der Waals surface area (Å²) in [7, 11) is 1.61. The highest BCUT2D eigenvalue weighted by Crippen LogP contribution is 2.34. The number of nitrogens with one attached hydrogen (secondary N) is 1. The summed E-state index contributed by atoms with van der Waals surface area (Å²) in [5.74, 6) is -0.866. The number of fused-ring (bicyclic) bond motifs is 4. The van der Waals surface area contributed by atoms with Crippen LogP contribution in [0.4, 0.5) is 0 Å². The maximum Gasteiger partial charge on any atom is 0.374 e. The molecule has 0 amide bonds. The van der Waals surface area contributed by atoms with Gasteiger partial charge in [0, 0.05) is 24.5 Å². The van der Waals surface area contributed by atoms with Crippen LogP contribution in [0.5, 0.6) is 0 Å². The average molecular weight is 478 g/mol. The zero-order valence-electron chi connectivity index (χ0n) is 18.9. The van der Waals surface area contributed by atoms with E-state index in [0.717, 1.165) is 16.6 Å². The molecule has 0 saturated heterocycles. The summed E-state index contributed by atoms with van der Waals surface area (Å²) in [6.45, 7) is 6.56. The van der Waals surface area contributed by atoms with E-state index in [0.29, 0.717) is 54.5 Å². The van der Waals surface area contributed by atoms with Gasteiger partial charge in [-0.1, -0.05) is 0 Å². The molecule has 0 aliphatic carbocycles. The van der Waals surface area contributed by atoms with E-state index in [1.807, 2.05) is 19.9 Å². The van der Waals surface area contributed by atoms with Gasteiger partial charge in [0.25, 0.3) is 5.56 Å². The molecule has 10 nitrogen and oxygen atoms in total. The first kappa shape index (κ1) is 23.7. The Hall–Kier alpha value is -2.44. The number of nitrogens with zero attached hydrogens (tertiary/aromatic N) is 2. The molecule has 0 spiro atoms. The number of pyridine rings is 1. The van der Waals surface area contributed by atoms with E-state index in [2.05, 4.69) is 9.97 Å². The molecule has 178 valence electrons. The van der Waals surface area contributed by atoms with Crippen molar-refractivity contribution in [3.8, 4) is 0 Å². The van der Waals surface area contributed by atoms with Crippen molar-refractivity contribution in [3.05, 3.63) is 33.5 Å². The van der Waals surface area contributed by atoms with Crippen molar-refractivity contribution in [2.45, 2.75) is 32.5 Å². The molecule has 1 aliphatic heterocycles. The number of H-pyrrole nitrogens is 1. The second kappa shape index (κ2) is 10.2. The third kappa shape index (κ3) is 5.56. The number of carbonyl (C=O) groups excluding carboxylic acids is 1. The average Bonchev–Trinajstić information content (AvgIpc) is 3.13. The number of carbonyl (C=O) groups is 1. The van der Waals surface area contributed by atoms with Gasteiger partial charge in [0.1, 0.15) is 16.1 Å². The van der Waals surface area contributed by atoms with Crippen molar-refractivity contribution in [1.29, 1.82) is 0 Å². The molecule has 0 fully saturated rings. The van der Waals surface area contributed by atoms with E-state index >= 15 is 0 Å². The summed E-state index contributed by atoms with van der Waals surface area (Å²) >= 11 is 1.27. The van der Waals surface area contributed by atoms with Gasteiger partial charge in [0.05, 0.1) is 56.5 Å². The van der Waals surface area contributed by atoms with Crippen molar-refractivity contribution in [1.82, 2.24) is 15.0 Å². The summed E-state index contributed by atoms with van der Waals surface area (Å²) in [6.07, 6.45) is 0.690. The summed E-state index contributed by atoms with van der Waals surface area (Å²) < 4.78 is 27.0. The molecule has 1 aliphatic rings. The number of thiophene rings is 1. The minimum Gasteiger partial charge on any atom is -0.457 e. The predicted molar refractivity (Wildman–Crippen MR) is 122 cm³/mol. The number of hydrogen-bond donors (Lipinski definition) is 1. The first-order valence-corrected chi connectivity index (χ1v) is 11.5. The molecule has 4 rings (SSSR count).